The molecule has 0 N–H and O–H groups in total. The number of hydrogen-bond donors (Lipinski definition) is 0. The lowest BCUT2D eigenvalue weighted by molar-refractivity contribution is -0.384. The Morgan fingerprint density at radius 3 is 2.52 bits per heavy atom. The van der Waals surface area contributed by atoms with E-state index in [1.807, 2.05) is 0 Å². The summed E-state index contributed by atoms with van der Waals surface area (Å²) < 4.78 is 15.9. The Hall–Kier alpha value is -2.90. The predicted molar refractivity (Wildman–Crippen MR) is 91.4 cm³/mol. The molecule has 0 radical (unpaired) electrons. The van der Waals surface area contributed by atoms with Gasteiger partial charge < -0.3 is 14.2 Å². The number of nitro groups is 1. The number of methoxy groups -OCH3 is 1. The summed E-state index contributed by atoms with van der Waals surface area (Å²) >= 11 is 0. The third-order valence-electron chi connectivity index (χ3n) is 3.60. The summed E-state index contributed by atoms with van der Waals surface area (Å²) in [6, 6.07) is 3.17. The van der Waals surface area contributed by atoms with Crippen LogP contribution in [-0.2, 0) is 4.79 Å². The fraction of sp³-hybridized carbons (Fsp3) is 0.412. The van der Waals surface area contributed by atoms with E-state index < -0.39 is 10.9 Å². The molecule has 8 nitrogen and oxygen atoms in total. The number of esters is 1. The number of pyridine rings is 1. The summed E-state index contributed by atoms with van der Waals surface area (Å²) in [5, 5.41) is 12.3. The molecule has 1 heterocycles. The number of hydrogen-bond acceptors (Lipinski definition) is 7. The molecular formula is C17H20N2O6. The minimum atomic E-state index is -0.680. The number of unbranched alkanes of at least 4 members (excludes halogenated alkanes) is 1. The van der Waals surface area contributed by atoms with Crippen LogP contribution < -0.4 is 14.2 Å². The van der Waals surface area contributed by atoms with Gasteiger partial charge in [-0.25, -0.2) is 4.98 Å². The molecule has 0 amide bonds. The molecule has 8 heteroatoms. The van der Waals surface area contributed by atoms with Crippen LogP contribution in [0.1, 0.15) is 32.4 Å². The molecule has 1 aromatic carbocycles. The first kappa shape index (κ1) is 18.4. The average Bonchev–Trinajstić information content (AvgIpc) is 2.54. The van der Waals surface area contributed by atoms with Gasteiger partial charge in [-0.2, -0.15) is 0 Å². The maximum absolute atomic E-state index is 11.5. The summed E-state index contributed by atoms with van der Waals surface area (Å²) in [5.74, 6) is -0.154. The molecule has 134 valence electrons. The van der Waals surface area contributed by atoms with Gasteiger partial charge in [-0.05, 0) is 25.5 Å². The average molecular weight is 348 g/mol. The maximum atomic E-state index is 11.5. The first-order chi connectivity index (χ1) is 11.9. The lowest BCUT2D eigenvalue weighted by atomic mass is 10.1. The molecule has 0 unspecified atom stereocenters. The van der Waals surface area contributed by atoms with E-state index in [0.29, 0.717) is 29.2 Å². The Balaban J connectivity index is 2.69. The summed E-state index contributed by atoms with van der Waals surface area (Å²) in [7, 11) is 1.46. The highest BCUT2D eigenvalue weighted by atomic mass is 16.6. The highest BCUT2D eigenvalue weighted by Gasteiger charge is 2.26. The summed E-state index contributed by atoms with van der Waals surface area (Å²) in [6.45, 7) is 5.41. The van der Waals surface area contributed by atoms with Gasteiger partial charge in [0, 0.05) is 18.0 Å². The number of carbonyl (C=O) groups excluding carboxylic acids is 1. The van der Waals surface area contributed by atoms with Crippen LogP contribution >= 0.6 is 0 Å². The first-order valence-corrected chi connectivity index (χ1v) is 7.87. The highest BCUT2D eigenvalue weighted by Crippen LogP contribution is 2.41. The van der Waals surface area contributed by atoms with Gasteiger partial charge >= 0.3 is 17.5 Å². The zero-order chi connectivity index (χ0) is 18.6. The summed E-state index contributed by atoms with van der Waals surface area (Å²) in [4.78, 5) is 26.2. The number of benzene rings is 1. The van der Waals surface area contributed by atoms with Crippen molar-refractivity contribution in [3.8, 4) is 17.4 Å². The molecule has 0 aliphatic heterocycles. The molecule has 0 aliphatic carbocycles. The van der Waals surface area contributed by atoms with E-state index in [1.165, 1.54) is 13.2 Å². The maximum Gasteiger partial charge on any atom is 0.339 e. The largest absolute Gasteiger partial charge is 0.493 e. The Labute approximate surface area is 144 Å². The van der Waals surface area contributed by atoms with Crippen molar-refractivity contribution in [1.82, 2.24) is 4.98 Å². The lowest BCUT2D eigenvalue weighted by Gasteiger charge is -2.14. The van der Waals surface area contributed by atoms with Crippen molar-refractivity contribution in [3.05, 3.63) is 27.9 Å². The zero-order valence-electron chi connectivity index (χ0n) is 14.6. The third kappa shape index (κ3) is 3.96. The minimum absolute atomic E-state index is 0.272. The lowest BCUT2D eigenvalue weighted by Crippen LogP contribution is -2.08. The van der Waals surface area contributed by atoms with Gasteiger partial charge in [-0.1, -0.05) is 13.3 Å². The summed E-state index contributed by atoms with van der Waals surface area (Å²) in [6.07, 6.45) is 1.86. The zero-order valence-corrected chi connectivity index (χ0v) is 14.6. The second kappa shape index (κ2) is 7.78. The number of rotatable bonds is 7. The van der Waals surface area contributed by atoms with Crippen LogP contribution in [0.5, 0.6) is 17.4 Å². The van der Waals surface area contributed by atoms with Crippen LogP contribution in [0.25, 0.3) is 10.8 Å². The Morgan fingerprint density at radius 1 is 1.28 bits per heavy atom. The molecule has 2 aromatic rings. The summed E-state index contributed by atoms with van der Waals surface area (Å²) in [5.41, 5.74) is 0.106. The first-order valence-electron chi connectivity index (χ1n) is 7.87. The van der Waals surface area contributed by atoms with Crippen molar-refractivity contribution < 1.29 is 23.9 Å². The van der Waals surface area contributed by atoms with Gasteiger partial charge in [-0.3, -0.25) is 14.9 Å². The topological polar surface area (TPSA) is 101 Å². The van der Waals surface area contributed by atoms with Crippen molar-refractivity contribution in [2.24, 2.45) is 0 Å². The molecule has 0 atom stereocenters. The number of carbonyl (C=O) groups is 1. The van der Waals surface area contributed by atoms with E-state index >= 15 is 0 Å². The molecule has 0 saturated heterocycles. The molecular weight excluding hydrogens is 328 g/mol. The molecule has 0 spiro atoms. The van der Waals surface area contributed by atoms with E-state index in [2.05, 4.69) is 11.9 Å². The second-order valence-corrected chi connectivity index (χ2v) is 5.45. The van der Waals surface area contributed by atoms with Crippen molar-refractivity contribution in [3.63, 3.8) is 0 Å². The van der Waals surface area contributed by atoms with E-state index in [1.54, 1.807) is 13.0 Å². The van der Waals surface area contributed by atoms with Crippen LogP contribution in [0.2, 0.25) is 0 Å². The number of aromatic nitrogens is 1. The van der Waals surface area contributed by atoms with Crippen molar-refractivity contribution in [2.75, 3.05) is 13.7 Å². The molecule has 0 bridgehead atoms. The fourth-order valence-electron chi connectivity index (χ4n) is 2.42. The second-order valence-electron chi connectivity index (χ2n) is 5.45. The van der Waals surface area contributed by atoms with Crippen LogP contribution in [0, 0.1) is 17.0 Å². The van der Waals surface area contributed by atoms with Gasteiger partial charge in [0.25, 0.3) is 0 Å². The smallest absolute Gasteiger partial charge is 0.339 e. The van der Waals surface area contributed by atoms with Gasteiger partial charge in [-0.15, -0.1) is 0 Å². The number of aryl methyl sites for hydroxylation is 1. The molecule has 1 aromatic heterocycles. The molecule has 25 heavy (non-hydrogen) atoms. The van der Waals surface area contributed by atoms with E-state index in [0.717, 1.165) is 19.8 Å². The van der Waals surface area contributed by atoms with Gasteiger partial charge in [0.1, 0.15) is 0 Å². The van der Waals surface area contributed by atoms with Crippen molar-refractivity contribution in [2.45, 2.75) is 33.6 Å². The Morgan fingerprint density at radius 2 is 1.96 bits per heavy atom. The number of nitrogens with zero attached hydrogens (tertiary/aromatic N) is 2. The van der Waals surface area contributed by atoms with Crippen LogP contribution in [0.3, 0.4) is 0 Å². The molecule has 0 saturated carbocycles. The predicted octanol–water partition coefficient (Wildman–Crippen LogP) is 3.56. The van der Waals surface area contributed by atoms with E-state index in [9.17, 15) is 14.9 Å². The fourth-order valence-corrected chi connectivity index (χ4v) is 2.42. The number of fused-ring (bicyclic) bond motifs is 1. The molecule has 0 aliphatic rings. The Kier molecular flexibility index (Phi) is 5.74. The third-order valence-corrected chi connectivity index (χ3v) is 3.60. The standard InChI is InChI=1S/C17H20N2O6/c1-5-6-7-24-15-8-12-10(2)18-17(25-11(3)20)16(19(21)22)13(12)9-14(15)23-4/h8-9H,5-7H2,1-4H3. The van der Waals surface area contributed by atoms with E-state index in [4.69, 9.17) is 14.2 Å². The Bertz CT molecular complexity index is 819. The van der Waals surface area contributed by atoms with Crippen LogP contribution in [0.15, 0.2) is 12.1 Å². The van der Waals surface area contributed by atoms with Gasteiger partial charge in [0.05, 0.1) is 24.0 Å². The van der Waals surface area contributed by atoms with Gasteiger partial charge in [0.2, 0.25) is 0 Å². The van der Waals surface area contributed by atoms with Crippen LogP contribution in [0.4, 0.5) is 5.69 Å². The van der Waals surface area contributed by atoms with Crippen molar-refractivity contribution in [1.29, 1.82) is 0 Å². The van der Waals surface area contributed by atoms with Crippen LogP contribution in [-0.4, -0.2) is 29.6 Å². The SMILES string of the molecule is CCCCOc1cc2c(C)nc(OC(C)=O)c([N+](=O)[O-])c2cc1OC. The monoisotopic (exact) mass is 348 g/mol. The molecule has 2 rings (SSSR count). The highest BCUT2D eigenvalue weighted by molar-refractivity contribution is 5.97. The normalized spacial score (nSPS) is 10.6. The van der Waals surface area contributed by atoms with Gasteiger partial charge in [0.15, 0.2) is 11.5 Å². The van der Waals surface area contributed by atoms with E-state index in [-0.39, 0.29) is 17.0 Å². The molecule has 0 fully saturated rings. The quantitative estimate of drug-likeness (QED) is 0.326. The number of ether oxygens (including phenoxy) is 3. The van der Waals surface area contributed by atoms with Crippen molar-refractivity contribution >= 4 is 22.4 Å². The minimum Gasteiger partial charge on any atom is -0.493 e.